The van der Waals surface area contributed by atoms with E-state index in [1.807, 2.05) is 17.0 Å². The average Bonchev–Trinajstić information content (AvgIpc) is 2.85. The first kappa shape index (κ1) is 25.4. The topological polar surface area (TPSA) is 54.0 Å². The summed E-state index contributed by atoms with van der Waals surface area (Å²) in [6, 6.07) is 10.9. The highest BCUT2D eigenvalue weighted by Gasteiger charge is 2.31. The third kappa shape index (κ3) is 7.41. The molecule has 1 fully saturated rings. The number of hydrogen-bond acceptors (Lipinski definition) is 5. The molecule has 1 aliphatic heterocycles. The maximum absolute atomic E-state index is 13.0. The van der Waals surface area contributed by atoms with Crippen molar-refractivity contribution < 1.29 is 27.4 Å². The first-order chi connectivity index (χ1) is 16.3. The highest BCUT2D eigenvalue weighted by molar-refractivity contribution is 5.91. The molecule has 0 unspecified atom stereocenters. The maximum Gasteiger partial charge on any atom is 0.416 e. The van der Waals surface area contributed by atoms with Gasteiger partial charge in [-0.1, -0.05) is 6.07 Å². The first-order valence-corrected chi connectivity index (χ1v) is 11.1. The normalized spacial score (nSPS) is 14.9. The van der Waals surface area contributed by atoms with Gasteiger partial charge in [0, 0.05) is 50.6 Å². The van der Waals surface area contributed by atoms with Crippen molar-refractivity contribution in [1.29, 1.82) is 0 Å². The smallest absolute Gasteiger partial charge is 0.416 e. The van der Waals surface area contributed by atoms with Crippen LogP contribution in [0.1, 0.15) is 17.5 Å². The van der Waals surface area contributed by atoms with Gasteiger partial charge in [0.2, 0.25) is 5.91 Å². The van der Waals surface area contributed by atoms with Gasteiger partial charge in [-0.3, -0.25) is 9.69 Å². The molecule has 1 saturated heterocycles. The van der Waals surface area contributed by atoms with Gasteiger partial charge in [0.05, 0.1) is 19.8 Å². The van der Waals surface area contributed by atoms with Crippen molar-refractivity contribution in [3.8, 4) is 11.5 Å². The molecule has 1 aliphatic rings. The highest BCUT2D eigenvalue weighted by Crippen LogP contribution is 2.32. The number of amides is 1. The lowest BCUT2D eigenvalue weighted by Gasteiger charge is -2.36. The molecular formula is C25H30F3N3O3. The summed E-state index contributed by atoms with van der Waals surface area (Å²) in [6.07, 6.45) is -0.371. The fourth-order valence-corrected chi connectivity index (χ4v) is 3.78. The van der Waals surface area contributed by atoms with Crippen molar-refractivity contribution in [1.82, 2.24) is 10.2 Å². The van der Waals surface area contributed by atoms with Gasteiger partial charge in [0.25, 0.3) is 0 Å². The predicted octanol–water partition coefficient (Wildman–Crippen LogP) is 4.06. The van der Waals surface area contributed by atoms with Gasteiger partial charge >= 0.3 is 6.18 Å². The van der Waals surface area contributed by atoms with Crippen LogP contribution in [-0.4, -0.2) is 64.3 Å². The molecule has 184 valence electrons. The standard InChI is InChI=1S/C25H30F3N3O3/c1-33-22-15-19(16-23(18-22)34-2)7-8-24(32)29-9-4-10-30-11-13-31(14-12-30)21-6-3-5-20(17-21)25(26,27)28/h3,5-8,15-18H,4,9-14H2,1-2H3,(H,29,32)/b8-7+. The Morgan fingerprint density at radius 1 is 1.03 bits per heavy atom. The number of rotatable bonds is 9. The minimum atomic E-state index is -4.34. The number of alkyl halides is 3. The van der Waals surface area contributed by atoms with Crippen LogP contribution in [-0.2, 0) is 11.0 Å². The number of anilines is 1. The lowest BCUT2D eigenvalue weighted by Crippen LogP contribution is -2.47. The van der Waals surface area contributed by atoms with Crippen LogP contribution < -0.4 is 19.7 Å². The molecule has 1 N–H and O–H groups in total. The summed E-state index contributed by atoms with van der Waals surface area (Å²) in [5, 5.41) is 2.87. The van der Waals surface area contributed by atoms with Gasteiger partial charge in [-0.25, -0.2) is 0 Å². The highest BCUT2D eigenvalue weighted by atomic mass is 19.4. The van der Waals surface area contributed by atoms with Crippen molar-refractivity contribution in [2.75, 3.05) is 58.4 Å². The summed E-state index contributed by atoms with van der Waals surface area (Å²) in [5.74, 6) is 1.11. The van der Waals surface area contributed by atoms with E-state index in [1.165, 1.54) is 18.2 Å². The van der Waals surface area contributed by atoms with E-state index in [0.29, 0.717) is 36.8 Å². The van der Waals surface area contributed by atoms with E-state index >= 15 is 0 Å². The Labute approximate surface area is 197 Å². The number of carbonyl (C=O) groups is 1. The SMILES string of the molecule is COc1cc(/C=C/C(=O)NCCCN2CCN(c3cccc(C(F)(F)F)c3)CC2)cc(OC)c1. The molecule has 1 amide bonds. The van der Waals surface area contributed by atoms with E-state index in [-0.39, 0.29) is 5.91 Å². The first-order valence-electron chi connectivity index (χ1n) is 11.1. The molecule has 1 heterocycles. The summed E-state index contributed by atoms with van der Waals surface area (Å²) >= 11 is 0. The number of halogens is 3. The van der Waals surface area contributed by atoms with Crippen molar-refractivity contribution in [2.45, 2.75) is 12.6 Å². The van der Waals surface area contributed by atoms with Crippen LogP contribution in [0.25, 0.3) is 6.08 Å². The third-order valence-electron chi connectivity index (χ3n) is 5.66. The van der Waals surface area contributed by atoms with Crippen LogP contribution in [0.15, 0.2) is 48.5 Å². The second-order valence-electron chi connectivity index (χ2n) is 8.00. The summed E-state index contributed by atoms with van der Waals surface area (Å²) in [7, 11) is 3.14. The fourth-order valence-electron chi connectivity index (χ4n) is 3.78. The van der Waals surface area contributed by atoms with E-state index in [1.54, 1.807) is 32.4 Å². The van der Waals surface area contributed by atoms with Crippen LogP contribution in [0.5, 0.6) is 11.5 Å². The van der Waals surface area contributed by atoms with Crippen molar-refractivity contribution in [2.24, 2.45) is 0 Å². The Morgan fingerprint density at radius 2 is 1.71 bits per heavy atom. The van der Waals surface area contributed by atoms with Crippen LogP contribution in [0.4, 0.5) is 18.9 Å². The molecule has 0 bridgehead atoms. The molecule has 2 aromatic carbocycles. The summed E-state index contributed by atoms with van der Waals surface area (Å²) in [6.45, 7) is 4.22. The molecule has 0 aromatic heterocycles. The minimum absolute atomic E-state index is 0.184. The van der Waals surface area contributed by atoms with Crippen molar-refractivity contribution in [3.05, 3.63) is 59.7 Å². The lowest BCUT2D eigenvalue weighted by atomic mass is 10.1. The van der Waals surface area contributed by atoms with Gasteiger partial charge in [-0.2, -0.15) is 13.2 Å². The third-order valence-corrected chi connectivity index (χ3v) is 5.66. The second kappa shape index (κ2) is 11.8. The maximum atomic E-state index is 13.0. The molecular weight excluding hydrogens is 447 g/mol. The van der Waals surface area contributed by atoms with Crippen LogP contribution >= 0.6 is 0 Å². The zero-order valence-electron chi connectivity index (χ0n) is 19.4. The lowest BCUT2D eigenvalue weighted by molar-refractivity contribution is -0.137. The fraction of sp³-hybridized carbons (Fsp3) is 0.400. The van der Waals surface area contributed by atoms with Crippen molar-refractivity contribution >= 4 is 17.7 Å². The van der Waals surface area contributed by atoms with Crippen LogP contribution in [0, 0.1) is 0 Å². The predicted molar refractivity (Wildman–Crippen MR) is 126 cm³/mol. The second-order valence-corrected chi connectivity index (χ2v) is 8.00. The summed E-state index contributed by atoms with van der Waals surface area (Å²) in [4.78, 5) is 16.4. The number of carbonyl (C=O) groups excluding carboxylic acids is 1. The molecule has 9 heteroatoms. The van der Waals surface area contributed by atoms with E-state index in [0.717, 1.165) is 37.7 Å². The Hall–Kier alpha value is -3.20. The zero-order chi connectivity index (χ0) is 24.6. The largest absolute Gasteiger partial charge is 0.497 e. The molecule has 34 heavy (non-hydrogen) atoms. The average molecular weight is 478 g/mol. The summed E-state index contributed by atoms with van der Waals surface area (Å²) in [5.41, 5.74) is 0.773. The van der Waals surface area contributed by atoms with Crippen molar-refractivity contribution in [3.63, 3.8) is 0 Å². The number of benzene rings is 2. The van der Waals surface area contributed by atoms with E-state index in [4.69, 9.17) is 9.47 Å². The molecule has 2 aromatic rings. The van der Waals surface area contributed by atoms with Gasteiger partial charge in [-0.05, 0) is 54.9 Å². The summed E-state index contributed by atoms with van der Waals surface area (Å²) < 4.78 is 49.3. The molecule has 0 saturated carbocycles. The number of ether oxygens (including phenoxy) is 2. The Balaban J connectivity index is 1.38. The Kier molecular flexibility index (Phi) is 8.81. The number of piperazine rings is 1. The van der Waals surface area contributed by atoms with Gasteiger partial charge < -0.3 is 19.7 Å². The van der Waals surface area contributed by atoms with E-state index in [9.17, 15) is 18.0 Å². The number of hydrogen-bond donors (Lipinski definition) is 1. The molecule has 0 spiro atoms. The minimum Gasteiger partial charge on any atom is -0.497 e. The number of nitrogens with one attached hydrogen (secondary N) is 1. The molecule has 6 nitrogen and oxygen atoms in total. The monoisotopic (exact) mass is 477 g/mol. The quantitative estimate of drug-likeness (QED) is 0.436. The van der Waals surface area contributed by atoms with E-state index in [2.05, 4.69) is 10.2 Å². The molecule has 0 aliphatic carbocycles. The van der Waals surface area contributed by atoms with Gasteiger partial charge in [0.1, 0.15) is 11.5 Å². The van der Waals surface area contributed by atoms with Gasteiger partial charge in [0.15, 0.2) is 0 Å². The van der Waals surface area contributed by atoms with E-state index < -0.39 is 11.7 Å². The van der Waals surface area contributed by atoms with Gasteiger partial charge in [-0.15, -0.1) is 0 Å². The molecule has 0 atom stereocenters. The van der Waals surface area contributed by atoms with Crippen LogP contribution in [0.2, 0.25) is 0 Å². The molecule has 3 rings (SSSR count). The number of methoxy groups -OCH3 is 2. The van der Waals surface area contributed by atoms with Crippen LogP contribution in [0.3, 0.4) is 0 Å². The molecule has 0 radical (unpaired) electrons. The Morgan fingerprint density at radius 3 is 2.32 bits per heavy atom. The zero-order valence-corrected chi connectivity index (χ0v) is 19.4. The Bertz CT molecular complexity index is 965. The number of nitrogens with zero attached hydrogens (tertiary/aromatic N) is 2.